The maximum atomic E-state index is 13.7. The van der Waals surface area contributed by atoms with Crippen molar-refractivity contribution >= 4 is 12.0 Å². The van der Waals surface area contributed by atoms with Gasteiger partial charge in [-0.25, -0.2) is 4.79 Å². The smallest absolute Gasteiger partial charge is 0.430 e. The molecule has 1 N–H and O–H groups in total. The Hall–Kier alpha value is -3.05. The van der Waals surface area contributed by atoms with E-state index >= 15 is 0 Å². The number of carboxylic acids is 1. The molecule has 2 rings (SSSR count). The number of hydrogen-bond donors (Lipinski definition) is 1. The summed E-state index contributed by atoms with van der Waals surface area (Å²) in [6.07, 6.45) is -9.56. The molecule has 0 bridgehead atoms. The van der Waals surface area contributed by atoms with Gasteiger partial charge in [0, 0.05) is 12.5 Å². The minimum atomic E-state index is -5.79. The van der Waals surface area contributed by atoms with Gasteiger partial charge in [-0.15, -0.1) is 0 Å². The molecule has 2 aromatic carbocycles. The van der Waals surface area contributed by atoms with E-state index < -0.39 is 42.7 Å². The number of rotatable bonds is 12. The second-order valence-electron chi connectivity index (χ2n) is 9.14. The van der Waals surface area contributed by atoms with Crippen LogP contribution in [0.25, 0.3) is 6.08 Å². The van der Waals surface area contributed by atoms with E-state index in [4.69, 9.17) is 9.84 Å². The van der Waals surface area contributed by atoms with Crippen LogP contribution in [-0.4, -0.2) is 49.5 Å². The number of aryl methyl sites for hydroxylation is 2. The van der Waals surface area contributed by atoms with Gasteiger partial charge in [0.05, 0.1) is 0 Å². The first kappa shape index (κ1) is 32.2. The summed E-state index contributed by atoms with van der Waals surface area (Å²) < 4.78 is 95.8. The lowest BCUT2D eigenvalue weighted by Gasteiger charge is -2.35. The molecule has 216 valence electrons. The van der Waals surface area contributed by atoms with E-state index in [9.17, 15) is 31.1 Å². The fraction of sp³-hybridized carbons (Fsp3) is 0.464. The minimum absolute atomic E-state index is 0.0277. The molecule has 11 heteroatoms. The molecule has 0 aliphatic rings. The van der Waals surface area contributed by atoms with Crippen molar-refractivity contribution in [3.05, 3.63) is 70.3 Å². The number of benzene rings is 2. The molecule has 0 saturated carbocycles. The molecule has 0 aliphatic carbocycles. The maximum absolute atomic E-state index is 13.7. The molecule has 0 aliphatic heterocycles. The summed E-state index contributed by atoms with van der Waals surface area (Å²) in [5, 5.41) is 8.87. The standard InChI is InChI=1S/C28H32F6O5/c1-6-25(7-2,22-10-11-23(19(4)15-22)38-16-24(35)36)21-9-8-20(18(3)14-21)12-13-26(27(29,30)31,28(32,33)34)39-17-37-5/h8-15H,6-7,16-17H2,1-5H3,(H,35,36)/b13-12+. The molecule has 0 saturated heterocycles. The fourth-order valence-electron chi connectivity index (χ4n) is 4.56. The number of aliphatic carboxylic acids is 1. The molecular weight excluding hydrogens is 530 g/mol. The topological polar surface area (TPSA) is 65.0 Å². The second-order valence-corrected chi connectivity index (χ2v) is 9.14. The van der Waals surface area contributed by atoms with Crippen molar-refractivity contribution in [2.24, 2.45) is 0 Å². The molecular formula is C28H32F6O5. The van der Waals surface area contributed by atoms with Gasteiger partial charge in [-0.05, 0) is 66.6 Å². The first-order valence-corrected chi connectivity index (χ1v) is 12.1. The molecule has 0 unspecified atom stereocenters. The van der Waals surface area contributed by atoms with Crippen molar-refractivity contribution in [1.82, 2.24) is 0 Å². The highest BCUT2D eigenvalue weighted by Crippen LogP contribution is 2.47. The van der Waals surface area contributed by atoms with Crippen molar-refractivity contribution < 1.29 is 50.5 Å². The predicted octanol–water partition coefficient (Wildman–Crippen LogP) is 7.37. The number of methoxy groups -OCH3 is 1. The van der Waals surface area contributed by atoms with Crippen molar-refractivity contribution in [2.45, 2.75) is 63.9 Å². The Balaban J connectivity index is 2.54. The van der Waals surface area contributed by atoms with Crippen molar-refractivity contribution in [3.8, 4) is 5.75 Å². The number of halogens is 6. The molecule has 0 heterocycles. The minimum Gasteiger partial charge on any atom is -0.482 e. The predicted molar refractivity (Wildman–Crippen MR) is 134 cm³/mol. The molecule has 0 atom stereocenters. The van der Waals surface area contributed by atoms with Crippen LogP contribution < -0.4 is 4.74 Å². The summed E-state index contributed by atoms with van der Waals surface area (Å²) in [6.45, 7) is 5.65. The van der Waals surface area contributed by atoms with Gasteiger partial charge in [0.1, 0.15) is 12.5 Å². The molecule has 5 nitrogen and oxygen atoms in total. The average molecular weight is 563 g/mol. The largest absolute Gasteiger partial charge is 0.482 e. The third-order valence-electron chi connectivity index (χ3n) is 6.85. The molecule has 0 amide bonds. The maximum Gasteiger partial charge on any atom is 0.430 e. The zero-order chi connectivity index (χ0) is 29.6. The molecule has 39 heavy (non-hydrogen) atoms. The van der Waals surface area contributed by atoms with Crippen LogP contribution in [0.15, 0.2) is 42.5 Å². The number of ether oxygens (including phenoxy) is 3. The summed E-state index contributed by atoms with van der Waals surface area (Å²) in [4.78, 5) is 10.8. The lowest BCUT2D eigenvalue weighted by molar-refractivity contribution is -0.372. The highest BCUT2D eigenvalue weighted by atomic mass is 19.4. The van der Waals surface area contributed by atoms with Gasteiger partial charge >= 0.3 is 18.3 Å². The Morgan fingerprint density at radius 1 is 0.897 bits per heavy atom. The Bertz CT molecular complexity index is 1150. The fourth-order valence-corrected chi connectivity index (χ4v) is 4.56. The van der Waals surface area contributed by atoms with Gasteiger partial charge in [0.15, 0.2) is 6.61 Å². The quantitative estimate of drug-likeness (QED) is 0.216. The molecule has 0 fully saturated rings. The summed E-state index contributed by atoms with van der Waals surface area (Å²) in [6, 6.07) is 10.3. The lowest BCUT2D eigenvalue weighted by atomic mass is 9.70. The van der Waals surface area contributed by atoms with E-state index in [1.54, 1.807) is 32.0 Å². The van der Waals surface area contributed by atoms with Gasteiger partial charge in [-0.2, -0.15) is 26.3 Å². The van der Waals surface area contributed by atoms with Crippen LogP contribution >= 0.6 is 0 Å². The van der Waals surface area contributed by atoms with Crippen LogP contribution in [0.3, 0.4) is 0 Å². The number of carbonyl (C=O) groups is 1. The Labute approximate surface area is 223 Å². The van der Waals surface area contributed by atoms with E-state index in [-0.39, 0.29) is 11.6 Å². The van der Waals surface area contributed by atoms with Gasteiger partial charge in [0.25, 0.3) is 5.60 Å². The van der Waals surface area contributed by atoms with Crippen LogP contribution in [0.5, 0.6) is 5.75 Å². The van der Waals surface area contributed by atoms with E-state index in [1.807, 2.05) is 26.0 Å². The van der Waals surface area contributed by atoms with E-state index in [0.29, 0.717) is 24.2 Å². The SMILES string of the molecule is CCC(CC)(c1ccc(/C=C/C(OCOC)(C(F)(F)F)C(F)(F)F)c(C)c1)c1ccc(OCC(=O)O)c(C)c1. The zero-order valence-corrected chi connectivity index (χ0v) is 22.3. The van der Waals surface area contributed by atoms with Gasteiger partial charge in [0.2, 0.25) is 0 Å². The Morgan fingerprint density at radius 2 is 1.44 bits per heavy atom. The average Bonchev–Trinajstić information content (AvgIpc) is 2.84. The number of alkyl halides is 6. The highest BCUT2D eigenvalue weighted by molar-refractivity contribution is 5.68. The first-order valence-electron chi connectivity index (χ1n) is 12.1. The number of hydrogen-bond acceptors (Lipinski definition) is 4. The van der Waals surface area contributed by atoms with Crippen LogP contribution in [0, 0.1) is 13.8 Å². The first-order chi connectivity index (χ1) is 18.1. The summed E-state index contributed by atoms with van der Waals surface area (Å²) in [5.41, 5.74) is -1.97. The molecule has 0 radical (unpaired) electrons. The summed E-state index contributed by atoms with van der Waals surface area (Å²) in [7, 11) is 0.927. The Kier molecular flexibility index (Phi) is 10.2. The summed E-state index contributed by atoms with van der Waals surface area (Å²) >= 11 is 0. The third-order valence-corrected chi connectivity index (χ3v) is 6.85. The zero-order valence-electron chi connectivity index (χ0n) is 22.3. The molecule has 0 aromatic heterocycles. The van der Waals surface area contributed by atoms with Crippen LogP contribution in [0.4, 0.5) is 26.3 Å². The van der Waals surface area contributed by atoms with E-state index in [1.165, 1.54) is 6.07 Å². The molecule has 0 spiro atoms. The third kappa shape index (κ3) is 6.75. The second kappa shape index (κ2) is 12.4. The van der Waals surface area contributed by atoms with Crippen LogP contribution in [0.2, 0.25) is 0 Å². The van der Waals surface area contributed by atoms with Gasteiger partial charge in [-0.1, -0.05) is 50.3 Å². The Morgan fingerprint density at radius 3 is 1.87 bits per heavy atom. The van der Waals surface area contributed by atoms with Gasteiger partial charge in [-0.3, -0.25) is 0 Å². The lowest BCUT2D eigenvalue weighted by Crippen LogP contribution is -2.57. The normalized spacial score (nSPS) is 13.2. The van der Waals surface area contributed by atoms with Crippen molar-refractivity contribution in [1.29, 1.82) is 0 Å². The monoisotopic (exact) mass is 562 g/mol. The summed E-state index contributed by atoms with van der Waals surface area (Å²) in [5.74, 6) is -0.681. The van der Waals surface area contributed by atoms with Crippen LogP contribution in [0.1, 0.15) is 54.5 Å². The van der Waals surface area contributed by atoms with E-state index in [2.05, 4.69) is 9.47 Å². The molecule has 2 aromatic rings. The number of carboxylic acid groups (broad SMARTS) is 1. The van der Waals surface area contributed by atoms with Crippen molar-refractivity contribution in [3.63, 3.8) is 0 Å². The highest BCUT2D eigenvalue weighted by Gasteiger charge is 2.71. The van der Waals surface area contributed by atoms with Crippen molar-refractivity contribution in [2.75, 3.05) is 20.5 Å². The van der Waals surface area contributed by atoms with Gasteiger partial charge < -0.3 is 19.3 Å². The van der Waals surface area contributed by atoms with E-state index in [0.717, 1.165) is 29.9 Å². The van der Waals surface area contributed by atoms with Crippen LogP contribution in [-0.2, 0) is 19.7 Å².